The third kappa shape index (κ3) is 4.89. The van der Waals surface area contributed by atoms with Crippen molar-refractivity contribution >= 4 is 0 Å². The molecule has 0 aromatic rings. The highest BCUT2D eigenvalue weighted by molar-refractivity contribution is 4.94. The molecule has 8 N–H and O–H groups in total. The highest BCUT2D eigenvalue weighted by atomic mass is 16.7. The van der Waals surface area contributed by atoms with Crippen LogP contribution in [0, 0.1) is 0 Å². The molecule has 3 fully saturated rings. The van der Waals surface area contributed by atoms with Gasteiger partial charge in [-0.05, 0) is 20.8 Å². The Labute approximate surface area is 178 Å². The molecule has 31 heavy (non-hydrogen) atoms. The fraction of sp³-hybridized carbons (Fsp3) is 1.00. The zero-order valence-electron chi connectivity index (χ0n) is 17.3. The molecule has 3 rings (SSSR count). The average molecular weight is 456 g/mol. The van der Waals surface area contributed by atoms with Crippen molar-refractivity contribution in [3.63, 3.8) is 0 Å². The van der Waals surface area contributed by atoms with E-state index in [1.165, 1.54) is 20.8 Å². The molecule has 1 unspecified atom stereocenters. The van der Waals surface area contributed by atoms with E-state index >= 15 is 0 Å². The molecule has 13 nitrogen and oxygen atoms in total. The van der Waals surface area contributed by atoms with Gasteiger partial charge in [0.2, 0.25) is 0 Å². The SMILES string of the molecule is C[C@@H]1O[C@@H](O[C@H]2[C@H](O)[C@@H](C)OC(O)[C@H]2O)[C@H](O)[C@H](O[C@H]2O[C@H](C)[C@@H](O)[C@H](O)[C@@H]2O)[C@H]1O. The lowest BCUT2D eigenvalue weighted by Crippen LogP contribution is -2.65. The Kier molecular flexibility index (Phi) is 7.91. The predicted molar refractivity (Wildman–Crippen MR) is 97.0 cm³/mol. The maximum Gasteiger partial charge on any atom is 0.187 e. The Morgan fingerprint density at radius 2 is 0.871 bits per heavy atom. The van der Waals surface area contributed by atoms with Crippen molar-refractivity contribution in [2.75, 3.05) is 0 Å². The lowest BCUT2D eigenvalue weighted by atomic mass is 9.96. The molecule has 13 heteroatoms. The van der Waals surface area contributed by atoms with Crippen molar-refractivity contribution in [2.45, 2.75) is 113 Å². The van der Waals surface area contributed by atoms with E-state index in [2.05, 4.69) is 0 Å². The maximum atomic E-state index is 10.7. The summed E-state index contributed by atoms with van der Waals surface area (Å²) in [5, 5.41) is 81.2. The van der Waals surface area contributed by atoms with Gasteiger partial charge in [0, 0.05) is 0 Å². The lowest BCUT2D eigenvalue weighted by Gasteiger charge is -2.47. The highest BCUT2D eigenvalue weighted by Gasteiger charge is 2.52. The minimum Gasteiger partial charge on any atom is -0.388 e. The molecule has 0 saturated carbocycles. The third-order valence-corrected chi connectivity index (χ3v) is 5.97. The summed E-state index contributed by atoms with van der Waals surface area (Å²) in [5.41, 5.74) is 0. The number of hydrogen-bond acceptors (Lipinski definition) is 13. The second-order valence-corrected chi connectivity index (χ2v) is 8.29. The van der Waals surface area contributed by atoms with Gasteiger partial charge in [-0.25, -0.2) is 0 Å². The van der Waals surface area contributed by atoms with Crippen LogP contribution in [0.25, 0.3) is 0 Å². The molecule has 0 amide bonds. The van der Waals surface area contributed by atoms with E-state index in [1.807, 2.05) is 0 Å². The number of ether oxygens (including phenoxy) is 5. The molecule has 0 radical (unpaired) electrons. The topological polar surface area (TPSA) is 208 Å². The van der Waals surface area contributed by atoms with Crippen LogP contribution in [-0.4, -0.2) is 133 Å². The summed E-state index contributed by atoms with van der Waals surface area (Å²) in [6.07, 6.45) is -20.9. The van der Waals surface area contributed by atoms with Crippen molar-refractivity contribution in [2.24, 2.45) is 0 Å². The summed E-state index contributed by atoms with van der Waals surface area (Å²) < 4.78 is 26.9. The van der Waals surface area contributed by atoms with Gasteiger partial charge in [0.25, 0.3) is 0 Å². The fourth-order valence-electron chi connectivity index (χ4n) is 3.88. The first-order valence-corrected chi connectivity index (χ1v) is 10.2. The average Bonchev–Trinajstić information content (AvgIpc) is 2.72. The van der Waals surface area contributed by atoms with Gasteiger partial charge in [-0.3, -0.25) is 0 Å². The zero-order valence-corrected chi connectivity index (χ0v) is 17.3. The van der Waals surface area contributed by atoms with Gasteiger partial charge in [-0.2, -0.15) is 0 Å². The molecule has 0 aromatic carbocycles. The van der Waals surface area contributed by atoms with E-state index in [0.717, 1.165) is 0 Å². The number of rotatable bonds is 4. The fourth-order valence-corrected chi connectivity index (χ4v) is 3.88. The molecular weight excluding hydrogens is 424 g/mol. The third-order valence-electron chi connectivity index (χ3n) is 5.97. The molecule has 3 aliphatic heterocycles. The van der Waals surface area contributed by atoms with Crippen LogP contribution in [0.2, 0.25) is 0 Å². The van der Waals surface area contributed by atoms with E-state index in [0.29, 0.717) is 0 Å². The minimum absolute atomic E-state index is 0.889. The van der Waals surface area contributed by atoms with Gasteiger partial charge >= 0.3 is 0 Å². The summed E-state index contributed by atoms with van der Waals surface area (Å²) in [5.74, 6) is 0. The Bertz CT molecular complexity index is 581. The summed E-state index contributed by atoms with van der Waals surface area (Å²) in [6.45, 7) is 4.36. The molecule has 3 aliphatic rings. The quantitative estimate of drug-likeness (QED) is 0.201. The predicted octanol–water partition coefficient (Wildman–Crippen LogP) is -4.49. The number of aliphatic hydroxyl groups is 8. The van der Waals surface area contributed by atoms with Crippen molar-refractivity contribution in [3.8, 4) is 0 Å². The van der Waals surface area contributed by atoms with E-state index < -0.39 is 92.1 Å². The first-order valence-electron chi connectivity index (χ1n) is 10.2. The summed E-state index contributed by atoms with van der Waals surface area (Å²) in [6, 6.07) is 0. The lowest BCUT2D eigenvalue weighted by molar-refractivity contribution is -0.373. The number of aliphatic hydroxyl groups excluding tert-OH is 8. The molecule has 0 aliphatic carbocycles. The second kappa shape index (κ2) is 9.77. The van der Waals surface area contributed by atoms with Crippen LogP contribution in [0.1, 0.15) is 20.8 Å². The Hall–Kier alpha value is -0.520. The molecule has 15 atom stereocenters. The summed E-state index contributed by atoms with van der Waals surface area (Å²) in [4.78, 5) is 0. The van der Waals surface area contributed by atoms with Crippen LogP contribution in [0.5, 0.6) is 0 Å². The second-order valence-electron chi connectivity index (χ2n) is 8.29. The molecule has 0 spiro atoms. The van der Waals surface area contributed by atoms with Crippen LogP contribution in [-0.2, 0) is 23.7 Å². The van der Waals surface area contributed by atoms with Crippen molar-refractivity contribution in [1.29, 1.82) is 0 Å². The zero-order chi connectivity index (χ0) is 23.2. The van der Waals surface area contributed by atoms with Crippen LogP contribution in [0.3, 0.4) is 0 Å². The van der Waals surface area contributed by atoms with Gasteiger partial charge in [0.05, 0.1) is 18.3 Å². The van der Waals surface area contributed by atoms with Crippen LogP contribution in [0.4, 0.5) is 0 Å². The van der Waals surface area contributed by atoms with Gasteiger partial charge in [-0.15, -0.1) is 0 Å². The maximum absolute atomic E-state index is 10.7. The molecule has 0 aromatic heterocycles. The summed E-state index contributed by atoms with van der Waals surface area (Å²) >= 11 is 0. The molecule has 0 bridgehead atoms. The van der Waals surface area contributed by atoms with E-state index in [1.54, 1.807) is 0 Å². The van der Waals surface area contributed by atoms with E-state index in [9.17, 15) is 40.9 Å². The van der Waals surface area contributed by atoms with Crippen LogP contribution < -0.4 is 0 Å². The molecule has 3 saturated heterocycles. The van der Waals surface area contributed by atoms with Crippen molar-refractivity contribution in [1.82, 2.24) is 0 Å². The monoisotopic (exact) mass is 456 g/mol. The van der Waals surface area contributed by atoms with Crippen molar-refractivity contribution < 1.29 is 64.5 Å². The van der Waals surface area contributed by atoms with Crippen LogP contribution in [0.15, 0.2) is 0 Å². The minimum atomic E-state index is -1.68. The molecule has 3 heterocycles. The summed E-state index contributed by atoms with van der Waals surface area (Å²) in [7, 11) is 0. The normalized spacial score (nSPS) is 56.4. The smallest absolute Gasteiger partial charge is 0.187 e. The number of hydrogen-bond donors (Lipinski definition) is 8. The Morgan fingerprint density at radius 1 is 0.452 bits per heavy atom. The molecular formula is C18H32O13. The largest absolute Gasteiger partial charge is 0.388 e. The first-order chi connectivity index (χ1) is 14.4. The highest BCUT2D eigenvalue weighted by Crippen LogP contribution is 2.32. The van der Waals surface area contributed by atoms with Gasteiger partial charge in [0.15, 0.2) is 18.9 Å². The van der Waals surface area contributed by atoms with E-state index in [-0.39, 0.29) is 0 Å². The first kappa shape index (κ1) is 25.1. The van der Waals surface area contributed by atoms with Gasteiger partial charge in [-0.1, -0.05) is 0 Å². The van der Waals surface area contributed by atoms with Gasteiger partial charge < -0.3 is 64.5 Å². The standard InChI is InChI=1S/C18H32O13/c1-4-7(19)10(22)11(23)17(28-4)31-15-9(21)6(3)29-18(13(15)25)30-14-8(20)5(2)27-16(26)12(14)24/h4-26H,1-3H3/t4-,5-,6+,7-,8-,9+,10+,11+,12+,13-,14+,15-,16?,17-,18+/m1/s1. The Morgan fingerprint density at radius 3 is 1.42 bits per heavy atom. The van der Waals surface area contributed by atoms with Gasteiger partial charge in [0.1, 0.15) is 54.9 Å². The molecule has 182 valence electrons. The Balaban J connectivity index is 1.73. The van der Waals surface area contributed by atoms with Crippen LogP contribution >= 0.6 is 0 Å². The van der Waals surface area contributed by atoms with E-state index in [4.69, 9.17) is 23.7 Å². The van der Waals surface area contributed by atoms with Crippen molar-refractivity contribution in [3.05, 3.63) is 0 Å².